The first-order chi connectivity index (χ1) is 7.17. The third kappa shape index (κ3) is 3.49. The van der Waals surface area contributed by atoms with Gasteiger partial charge in [0, 0.05) is 16.6 Å². The number of aliphatic hydroxyl groups excluding tert-OH is 1. The van der Waals surface area contributed by atoms with Crippen LogP contribution in [0.15, 0.2) is 16.5 Å². The van der Waals surface area contributed by atoms with Crippen molar-refractivity contribution < 1.29 is 23.3 Å². The Morgan fingerprint density at radius 2 is 2.33 bits per heavy atom. The molecule has 0 saturated heterocycles. The number of ether oxygens (including phenoxy) is 1. The number of hydrogen-bond donors (Lipinski definition) is 1. The Hall–Kier alpha value is -1.14. The van der Waals surface area contributed by atoms with Crippen LogP contribution >= 0.6 is 0 Å². The van der Waals surface area contributed by atoms with Crippen LogP contribution in [0, 0.1) is 0 Å². The Balaban J connectivity index is 2.60. The molecule has 1 aromatic heterocycles. The topological polar surface area (TPSA) is 76.7 Å². The summed E-state index contributed by atoms with van der Waals surface area (Å²) in [6, 6.07) is 3.04. The predicted molar refractivity (Wildman–Crippen MR) is 53.8 cm³/mol. The lowest BCUT2D eigenvalue weighted by Crippen LogP contribution is -2.04. The molecule has 0 spiro atoms. The van der Waals surface area contributed by atoms with Gasteiger partial charge in [0.2, 0.25) is 5.76 Å². The van der Waals surface area contributed by atoms with Gasteiger partial charge in [0.15, 0.2) is 0 Å². The maximum Gasteiger partial charge on any atom is 0.373 e. The van der Waals surface area contributed by atoms with Crippen LogP contribution < -0.4 is 0 Å². The lowest BCUT2D eigenvalue weighted by atomic mass is 10.4. The predicted octanol–water partition coefficient (Wildman–Crippen LogP) is 0.307. The normalized spacial score (nSPS) is 12.4. The Labute approximate surface area is 89.5 Å². The number of methoxy groups -OCH3 is 1. The van der Waals surface area contributed by atoms with Gasteiger partial charge in [-0.1, -0.05) is 0 Å². The van der Waals surface area contributed by atoms with Crippen LogP contribution in [0.1, 0.15) is 16.3 Å². The van der Waals surface area contributed by atoms with Crippen molar-refractivity contribution in [3.8, 4) is 0 Å². The van der Waals surface area contributed by atoms with E-state index in [0.717, 1.165) is 0 Å². The van der Waals surface area contributed by atoms with E-state index in [1.807, 2.05) is 0 Å². The fourth-order valence-corrected chi connectivity index (χ4v) is 1.82. The number of hydrogen-bond acceptors (Lipinski definition) is 5. The molecule has 15 heavy (non-hydrogen) atoms. The van der Waals surface area contributed by atoms with E-state index in [4.69, 9.17) is 9.52 Å². The second-order valence-corrected chi connectivity index (χ2v) is 4.35. The van der Waals surface area contributed by atoms with Crippen molar-refractivity contribution in [1.29, 1.82) is 0 Å². The lowest BCUT2D eigenvalue weighted by molar-refractivity contribution is 0.0563. The van der Waals surface area contributed by atoms with Crippen LogP contribution in [0.4, 0.5) is 0 Å². The number of rotatable bonds is 5. The third-order valence-electron chi connectivity index (χ3n) is 1.67. The zero-order valence-corrected chi connectivity index (χ0v) is 9.08. The minimum absolute atomic E-state index is 0.0912. The van der Waals surface area contributed by atoms with Crippen molar-refractivity contribution in [2.24, 2.45) is 0 Å². The molecule has 0 radical (unpaired) electrons. The molecule has 84 valence electrons. The molecule has 1 heterocycles. The summed E-state index contributed by atoms with van der Waals surface area (Å²) in [5.74, 6) is 0.371. The first kappa shape index (κ1) is 11.9. The molecular weight excluding hydrogens is 220 g/mol. The third-order valence-corrected chi connectivity index (χ3v) is 2.91. The summed E-state index contributed by atoms with van der Waals surface area (Å²) >= 11 is 0. The molecule has 1 aromatic rings. The molecule has 0 fully saturated rings. The smallest absolute Gasteiger partial charge is 0.373 e. The van der Waals surface area contributed by atoms with Crippen LogP contribution in [0.25, 0.3) is 0 Å². The van der Waals surface area contributed by atoms with Gasteiger partial charge in [0.1, 0.15) is 5.76 Å². The first-order valence-electron chi connectivity index (χ1n) is 4.30. The van der Waals surface area contributed by atoms with Crippen LogP contribution in [0.3, 0.4) is 0 Å². The van der Waals surface area contributed by atoms with Gasteiger partial charge < -0.3 is 14.3 Å². The highest BCUT2D eigenvalue weighted by molar-refractivity contribution is 7.84. The Bertz CT molecular complexity index is 357. The number of esters is 1. The largest absolute Gasteiger partial charge is 0.463 e. The van der Waals surface area contributed by atoms with Crippen molar-refractivity contribution in [2.45, 2.75) is 5.75 Å². The fraction of sp³-hybridized carbons (Fsp3) is 0.444. The lowest BCUT2D eigenvalue weighted by Gasteiger charge is -1.96. The van der Waals surface area contributed by atoms with E-state index in [2.05, 4.69) is 4.74 Å². The maximum atomic E-state index is 11.2. The van der Waals surface area contributed by atoms with Crippen molar-refractivity contribution >= 4 is 16.8 Å². The van der Waals surface area contributed by atoms with Gasteiger partial charge in [-0.25, -0.2) is 4.79 Å². The molecule has 5 nitrogen and oxygen atoms in total. The highest BCUT2D eigenvalue weighted by Crippen LogP contribution is 2.11. The van der Waals surface area contributed by atoms with E-state index in [9.17, 15) is 9.00 Å². The minimum atomic E-state index is -1.17. The average Bonchev–Trinajstić information content (AvgIpc) is 2.65. The average molecular weight is 232 g/mol. The molecule has 1 N–H and O–H groups in total. The number of aliphatic hydroxyl groups is 1. The SMILES string of the molecule is COC(=O)c1ccc(CS(=O)CCO)o1. The van der Waals surface area contributed by atoms with Crippen molar-refractivity contribution in [3.05, 3.63) is 23.7 Å². The van der Waals surface area contributed by atoms with E-state index in [1.165, 1.54) is 13.2 Å². The quantitative estimate of drug-likeness (QED) is 0.739. The first-order valence-corrected chi connectivity index (χ1v) is 5.79. The molecule has 0 bridgehead atoms. The van der Waals surface area contributed by atoms with Gasteiger partial charge in [0.25, 0.3) is 0 Å². The van der Waals surface area contributed by atoms with Gasteiger partial charge in [-0.3, -0.25) is 4.21 Å². The van der Waals surface area contributed by atoms with Gasteiger partial charge in [0.05, 0.1) is 19.5 Å². The van der Waals surface area contributed by atoms with Crippen molar-refractivity contribution in [2.75, 3.05) is 19.5 Å². The molecule has 0 saturated carbocycles. The Morgan fingerprint density at radius 1 is 1.60 bits per heavy atom. The number of furan rings is 1. The van der Waals surface area contributed by atoms with Gasteiger partial charge in [-0.05, 0) is 12.1 Å². The number of carbonyl (C=O) groups excluding carboxylic acids is 1. The molecule has 0 aliphatic heterocycles. The Morgan fingerprint density at radius 3 is 2.93 bits per heavy atom. The second kappa shape index (κ2) is 5.67. The van der Waals surface area contributed by atoms with E-state index in [0.29, 0.717) is 5.76 Å². The molecule has 0 aromatic carbocycles. The standard InChI is InChI=1S/C9H12O5S/c1-13-9(11)8-3-2-7(14-8)6-15(12)5-4-10/h2-3,10H,4-6H2,1H3. The van der Waals surface area contributed by atoms with Gasteiger partial charge >= 0.3 is 5.97 Å². The highest BCUT2D eigenvalue weighted by atomic mass is 32.2. The summed E-state index contributed by atoms with van der Waals surface area (Å²) < 4.78 is 20.8. The van der Waals surface area contributed by atoms with Crippen LogP contribution in [-0.4, -0.2) is 34.8 Å². The molecule has 1 atom stereocenters. The zero-order chi connectivity index (χ0) is 11.3. The van der Waals surface area contributed by atoms with Crippen LogP contribution in [-0.2, 0) is 21.3 Å². The van der Waals surface area contributed by atoms with E-state index >= 15 is 0 Å². The molecule has 0 amide bonds. The zero-order valence-electron chi connectivity index (χ0n) is 8.26. The summed E-state index contributed by atoms with van der Waals surface area (Å²) in [5, 5.41) is 8.55. The van der Waals surface area contributed by atoms with Crippen molar-refractivity contribution in [1.82, 2.24) is 0 Å². The summed E-state index contributed by atoms with van der Waals surface area (Å²) in [6.45, 7) is -0.128. The van der Waals surface area contributed by atoms with Gasteiger partial charge in [-0.2, -0.15) is 0 Å². The van der Waals surface area contributed by atoms with Gasteiger partial charge in [-0.15, -0.1) is 0 Å². The molecule has 6 heteroatoms. The maximum absolute atomic E-state index is 11.2. The monoisotopic (exact) mass is 232 g/mol. The molecule has 1 unspecified atom stereocenters. The molecular formula is C9H12O5S. The van der Waals surface area contributed by atoms with Crippen LogP contribution in [0.5, 0.6) is 0 Å². The second-order valence-electron chi connectivity index (χ2n) is 2.77. The van der Waals surface area contributed by atoms with Crippen LogP contribution in [0.2, 0.25) is 0 Å². The minimum Gasteiger partial charge on any atom is -0.463 e. The summed E-state index contributed by atoms with van der Waals surface area (Å²) in [6.07, 6.45) is 0. The summed E-state index contributed by atoms with van der Waals surface area (Å²) in [5.41, 5.74) is 0. The number of carbonyl (C=O) groups is 1. The van der Waals surface area contributed by atoms with Crippen molar-refractivity contribution in [3.63, 3.8) is 0 Å². The molecule has 1 rings (SSSR count). The van der Waals surface area contributed by atoms with E-state index in [1.54, 1.807) is 6.07 Å². The van der Waals surface area contributed by atoms with E-state index < -0.39 is 16.8 Å². The van der Waals surface area contributed by atoms with E-state index in [-0.39, 0.29) is 23.9 Å². The highest BCUT2D eigenvalue weighted by Gasteiger charge is 2.12. The fourth-order valence-electron chi connectivity index (χ4n) is 0.998. The summed E-state index contributed by atoms with van der Waals surface area (Å²) in [4.78, 5) is 11.0. The summed E-state index contributed by atoms with van der Waals surface area (Å²) in [7, 11) is 0.0896. The molecule has 0 aliphatic rings. The Kier molecular flexibility index (Phi) is 4.51. The molecule has 0 aliphatic carbocycles.